The van der Waals surface area contributed by atoms with Crippen molar-refractivity contribution in [1.29, 1.82) is 0 Å². The van der Waals surface area contributed by atoms with Crippen LogP contribution in [0.5, 0.6) is 0 Å². The fraction of sp³-hybridized carbons (Fsp3) is 0.143. The number of rotatable bonds is 1. The third-order valence-corrected chi connectivity index (χ3v) is 2.75. The molecule has 0 aromatic heterocycles. The third kappa shape index (κ3) is 1.52. The highest BCUT2D eigenvalue weighted by Crippen LogP contribution is 2.18. The topological polar surface area (TPSA) is 24.7 Å². The van der Waals surface area contributed by atoms with Gasteiger partial charge < -0.3 is 0 Å². The van der Waals surface area contributed by atoms with E-state index in [9.17, 15) is 0 Å². The maximum atomic E-state index is 4.62. The van der Waals surface area contributed by atoms with Crippen LogP contribution in [0.15, 0.2) is 58.5 Å². The van der Waals surface area contributed by atoms with Crippen molar-refractivity contribution in [3.63, 3.8) is 0 Å². The highest BCUT2D eigenvalue weighted by atomic mass is 15.0. The number of aryl methyl sites for hydroxylation is 1. The molecule has 2 heteroatoms. The lowest BCUT2D eigenvalue weighted by Crippen LogP contribution is -2.20. The Labute approximate surface area is 94.0 Å². The first kappa shape index (κ1) is 9.28. The molecule has 2 aromatic carbocycles. The first-order valence-electron chi connectivity index (χ1n) is 5.40. The number of hydrogen-bond donors (Lipinski definition) is 0. The third-order valence-electron chi connectivity index (χ3n) is 2.75. The van der Waals surface area contributed by atoms with Gasteiger partial charge in [-0.05, 0) is 30.2 Å². The predicted octanol–water partition coefficient (Wildman–Crippen LogP) is 1.95. The van der Waals surface area contributed by atoms with Gasteiger partial charge in [0, 0.05) is 0 Å². The molecule has 0 spiro atoms. The van der Waals surface area contributed by atoms with Gasteiger partial charge in [0.05, 0.1) is 10.7 Å². The van der Waals surface area contributed by atoms with Crippen LogP contribution in [0.1, 0.15) is 17.3 Å². The maximum Gasteiger partial charge on any atom is 0.166 e. The molecule has 1 heterocycles. The highest BCUT2D eigenvalue weighted by molar-refractivity contribution is 5.21. The highest BCUT2D eigenvalue weighted by Gasteiger charge is 2.11. The Balaban J connectivity index is 2.11. The summed E-state index contributed by atoms with van der Waals surface area (Å²) in [6, 6.07) is 16.4. The molecule has 0 saturated heterocycles. The van der Waals surface area contributed by atoms with Gasteiger partial charge in [-0.3, -0.25) is 9.98 Å². The standard InChI is InChI=1S/C14H12N2/c1-10-7-8-12-13(9-10)16-14(15-12)11-5-3-2-4-6-11/h2-9,14H,1H3. The van der Waals surface area contributed by atoms with E-state index in [1.165, 1.54) is 5.56 Å². The minimum Gasteiger partial charge on any atom is -0.252 e. The van der Waals surface area contributed by atoms with Gasteiger partial charge in [0.15, 0.2) is 6.17 Å². The van der Waals surface area contributed by atoms with Crippen LogP contribution in [0.2, 0.25) is 0 Å². The first-order chi connectivity index (χ1) is 7.83. The van der Waals surface area contributed by atoms with E-state index in [4.69, 9.17) is 0 Å². The van der Waals surface area contributed by atoms with Crippen LogP contribution in [0.4, 0.5) is 0 Å². The molecule has 1 atom stereocenters. The molecule has 1 unspecified atom stereocenters. The lowest BCUT2D eigenvalue weighted by atomic mass is 10.2. The van der Waals surface area contributed by atoms with Crippen molar-refractivity contribution in [2.45, 2.75) is 13.1 Å². The molecule has 0 fully saturated rings. The van der Waals surface area contributed by atoms with E-state index >= 15 is 0 Å². The molecule has 0 radical (unpaired) electrons. The molecule has 0 N–H and O–H groups in total. The molecule has 2 nitrogen and oxygen atoms in total. The zero-order valence-electron chi connectivity index (χ0n) is 9.09. The fourth-order valence-electron chi connectivity index (χ4n) is 1.91. The SMILES string of the molecule is Cc1ccc2c(c1)=NC(c1ccccc1)N=2. The van der Waals surface area contributed by atoms with Crippen molar-refractivity contribution in [3.05, 3.63) is 70.4 Å². The Morgan fingerprint density at radius 1 is 0.875 bits per heavy atom. The molecular weight excluding hydrogens is 196 g/mol. The average molecular weight is 208 g/mol. The van der Waals surface area contributed by atoms with Gasteiger partial charge in [0.2, 0.25) is 0 Å². The summed E-state index contributed by atoms with van der Waals surface area (Å²) in [4.78, 5) is 9.21. The number of nitrogens with zero attached hydrogens (tertiary/aromatic N) is 2. The largest absolute Gasteiger partial charge is 0.252 e. The first-order valence-corrected chi connectivity index (χ1v) is 5.40. The lowest BCUT2D eigenvalue weighted by molar-refractivity contribution is 0.771. The zero-order valence-corrected chi connectivity index (χ0v) is 9.09. The second-order valence-corrected chi connectivity index (χ2v) is 4.03. The Morgan fingerprint density at radius 2 is 1.62 bits per heavy atom. The molecule has 0 bridgehead atoms. The van der Waals surface area contributed by atoms with Crippen molar-refractivity contribution in [2.24, 2.45) is 9.98 Å². The van der Waals surface area contributed by atoms with Crippen LogP contribution >= 0.6 is 0 Å². The van der Waals surface area contributed by atoms with Crippen LogP contribution < -0.4 is 10.7 Å². The van der Waals surface area contributed by atoms with Gasteiger partial charge >= 0.3 is 0 Å². The molecule has 3 rings (SSSR count). The lowest BCUT2D eigenvalue weighted by Gasteiger charge is -2.02. The van der Waals surface area contributed by atoms with Crippen molar-refractivity contribution in [2.75, 3.05) is 0 Å². The van der Waals surface area contributed by atoms with E-state index in [2.05, 4.69) is 41.2 Å². The fourth-order valence-corrected chi connectivity index (χ4v) is 1.91. The van der Waals surface area contributed by atoms with Crippen LogP contribution in [-0.4, -0.2) is 0 Å². The Morgan fingerprint density at radius 3 is 2.44 bits per heavy atom. The second kappa shape index (κ2) is 3.56. The van der Waals surface area contributed by atoms with Gasteiger partial charge in [-0.1, -0.05) is 36.4 Å². The monoisotopic (exact) mass is 208 g/mol. The Kier molecular flexibility index (Phi) is 2.07. The Bertz CT molecular complexity index is 630. The second-order valence-electron chi connectivity index (χ2n) is 4.03. The van der Waals surface area contributed by atoms with Crippen molar-refractivity contribution < 1.29 is 0 Å². The van der Waals surface area contributed by atoms with Gasteiger partial charge in [-0.25, -0.2) is 0 Å². The molecule has 1 aliphatic heterocycles. The summed E-state index contributed by atoms with van der Waals surface area (Å²) >= 11 is 0. The van der Waals surface area contributed by atoms with E-state index in [0.29, 0.717) is 0 Å². The summed E-state index contributed by atoms with van der Waals surface area (Å²) < 4.78 is 0. The van der Waals surface area contributed by atoms with Crippen molar-refractivity contribution in [1.82, 2.24) is 0 Å². The van der Waals surface area contributed by atoms with Crippen LogP contribution in [0.3, 0.4) is 0 Å². The number of hydrogen-bond acceptors (Lipinski definition) is 2. The van der Waals surface area contributed by atoms with Gasteiger partial charge in [0.25, 0.3) is 0 Å². The van der Waals surface area contributed by atoms with Crippen molar-refractivity contribution in [3.8, 4) is 0 Å². The molecule has 1 aliphatic rings. The van der Waals surface area contributed by atoms with E-state index in [-0.39, 0.29) is 6.17 Å². The molecular formula is C14H12N2. The summed E-state index contributed by atoms with van der Waals surface area (Å²) in [5.74, 6) is 0. The summed E-state index contributed by atoms with van der Waals surface area (Å²) in [5, 5.41) is 2.01. The molecule has 0 aliphatic carbocycles. The van der Waals surface area contributed by atoms with E-state index in [1.807, 2.05) is 24.3 Å². The minimum atomic E-state index is -0.0574. The minimum absolute atomic E-state index is 0.0574. The van der Waals surface area contributed by atoms with Gasteiger partial charge in [-0.15, -0.1) is 0 Å². The Hall–Kier alpha value is -1.96. The summed E-state index contributed by atoms with van der Waals surface area (Å²) in [6.45, 7) is 2.08. The molecule has 2 aromatic rings. The van der Waals surface area contributed by atoms with Crippen LogP contribution in [0, 0.1) is 6.92 Å². The van der Waals surface area contributed by atoms with Crippen LogP contribution in [0.25, 0.3) is 0 Å². The zero-order chi connectivity index (χ0) is 11.0. The molecule has 16 heavy (non-hydrogen) atoms. The normalized spacial score (nSPS) is 17.4. The predicted molar refractivity (Wildman–Crippen MR) is 62.7 cm³/mol. The molecule has 78 valence electrons. The van der Waals surface area contributed by atoms with Crippen LogP contribution in [-0.2, 0) is 0 Å². The maximum absolute atomic E-state index is 4.62. The number of fused-ring (bicyclic) bond motifs is 1. The summed E-state index contributed by atoms with van der Waals surface area (Å²) in [6.07, 6.45) is -0.0574. The average Bonchev–Trinajstić information content (AvgIpc) is 2.73. The number of benzene rings is 2. The smallest absolute Gasteiger partial charge is 0.166 e. The summed E-state index contributed by atoms with van der Waals surface area (Å²) in [7, 11) is 0. The van der Waals surface area contributed by atoms with E-state index in [0.717, 1.165) is 16.3 Å². The molecule has 0 saturated carbocycles. The quantitative estimate of drug-likeness (QED) is 0.684. The van der Waals surface area contributed by atoms with Gasteiger partial charge in [-0.2, -0.15) is 0 Å². The van der Waals surface area contributed by atoms with E-state index in [1.54, 1.807) is 0 Å². The van der Waals surface area contributed by atoms with Gasteiger partial charge in [0.1, 0.15) is 0 Å². The van der Waals surface area contributed by atoms with Crippen molar-refractivity contribution >= 4 is 0 Å². The van der Waals surface area contributed by atoms with E-state index < -0.39 is 0 Å². The summed E-state index contributed by atoms with van der Waals surface area (Å²) in [5.41, 5.74) is 2.38. The molecule has 0 amide bonds.